The van der Waals surface area contributed by atoms with Crippen LogP contribution in [0.5, 0.6) is 0 Å². The Morgan fingerprint density at radius 2 is 2.43 bits per heavy atom. The zero-order chi connectivity index (χ0) is 15.2. The Morgan fingerprint density at radius 1 is 1.62 bits per heavy atom. The van der Waals surface area contributed by atoms with Gasteiger partial charge in [-0.3, -0.25) is 4.99 Å². The van der Waals surface area contributed by atoms with E-state index in [0.29, 0.717) is 16.6 Å². The van der Waals surface area contributed by atoms with Crippen molar-refractivity contribution in [2.75, 3.05) is 31.6 Å². The maximum absolute atomic E-state index is 6.18. The first-order valence-electron chi connectivity index (χ1n) is 6.76. The summed E-state index contributed by atoms with van der Waals surface area (Å²) >= 11 is 11.9. The number of halogens is 2. The van der Waals surface area contributed by atoms with Crippen LogP contribution in [-0.4, -0.2) is 43.7 Å². The molecule has 0 amide bonds. The molecule has 2 rings (SSSR count). The molecule has 7 heteroatoms. The molecular weight excluding hydrogens is 309 g/mol. The first-order valence-corrected chi connectivity index (χ1v) is 7.51. The molecule has 0 spiro atoms. The van der Waals surface area contributed by atoms with Gasteiger partial charge in [0.25, 0.3) is 0 Å². The molecule has 1 aliphatic heterocycles. The maximum atomic E-state index is 6.18. The monoisotopic (exact) mass is 327 g/mol. The predicted molar refractivity (Wildman–Crippen MR) is 89.4 cm³/mol. The van der Waals surface area contributed by atoms with Crippen LogP contribution in [0.1, 0.15) is 6.42 Å². The number of nitrogens with zero attached hydrogens (tertiary/aromatic N) is 3. The first kappa shape index (κ1) is 15.9. The van der Waals surface area contributed by atoms with Crippen molar-refractivity contribution in [1.82, 2.24) is 15.6 Å². The number of hydrogen-bond donors (Lipinski definition) is 2. The van der Waals surface area contributed by atoms with E-state index in [9.17, 15) is 0 Å². The Morgan fingerprint density at radius 3 is 3.10 bits per heavy atom. The zero-order valence-electron chi connectivity index (χ0n) is 11.9. The van der Waals surface area contributed by atoms with Crippen molar-refractivity contribution in [3.05, 3.63) is 35.0 Å². The van der Waals surface area contributed by atoms with Gasteiger partial charge in [0.1, 0.15) is 5.82 Å². The number of aliphatic imine (C=N–C) groups is 1. The normalized spacial score (nSPS) is 18.7. The minimum absolute atomic E-state index is 0.290. The molecule has 1 fully saturated rings. The second kappa shape index (κ2) is 7.52. The molecule has 114 valence electrons. The van der Waals surface area contributed by atoms with Crippen LogP contribution in [0.2, 0.25) is 5.02 Å². The van der Waals surface area contributed by atoms with Gasteiger partial charge in [-0.1, -0.05) is 29.8 Å². The van der Waals surface area contributed by atoms with E-state index in [0.717, 1.165) is 31.3 Å². The molecule has 0 aliphatic carbocycles. The molecule has 5 nitrogen and oxygen atoms in total. The SMILES string of the molecule is C=C(Cl)CNC(=NC)NC1CCN(c2ncccc2Cl)C1. The minimum atomic E-state index is 0.290. The van der Waals surface area contributed by atoms with Crippen LogP contribution in [0.25, 0.3) is 0 Å². The Kier molecular flexibility index (Phi) is 5.70. The van der Waals surface area contributed by atoms with Crippen molar-refractivity contribution in [1.29, 1.82) is 0 Å². The van der Waals surface area contributed by atoms with Crippen molar-refractivity contribution in [3.8, 4) is 0 Å². The van der Waals surface area contributed by atoms with Gasteiger partial charge in [-0.25, -0.2) is 4.98 Å². The van der Waals surface area contributed by atoms with Crippen molar-refractivity contribution in [2.45, 2.75) is 12.5 Å². The van der Waals surface area contributed by atoms with E-state index in [2.05, 4.69) is 32.1 Å². The Hall–Kier alpha value is -1.46. The highest BCUT2D eigenvalue weighted by Gasteiger charge is 2.25. The maximum Gasteiger partial charge on any atom is 0.191 e. The molecule has 2 N–H and O–H groups in total. The highest BCUT2D eigenvalue weighted by molar-refractivity contribution is 6.32. The van der Waals surface area contributed by atoms with Crippen LogP contribution in [0, 0.1) is 0 Å². The summed E-state index contributed by atoms with van der Waals surface area (Å²) < 4.78 is 0. The van der Waals surface area contributed by atoms with Crippen LogP contribution >= 0.6 is 23.2 Å². The molecule has 1 saturated heterocycles. The minimum Gasteiger partial charge on any atom is -0.353 e. The lowest BCUT2D eigenvalue weighted by atomic mass is 10.3. The molecule has 1 atom stereocenters. The largest absolute Gasteiger partial charge is 0.353 e. The van der Waals surface area contributed by atoms with Gasteiger partial charge in [-0.2, -0.15) is 0 Å². The Bertz CT molecular complexity index is 532. The second-order valence-electron chi connectivity index (χ2n) is 4.83. The van der Waals surface area contributed by atoms with Gasteiger partial charge in [-0.15, -0.1) is 0 Å². The third-order valence-electron chi connectivity index (χ3n) is 3.24. The van der Waals surface area contributed by atoms with Crippen LogP contribution in [0.3, 0.4) is 0 Å². The number of nitrogens with one attached hydrogen (secondary N) is 2. The summed E-state index contributed by atoms with van der Waals surface area (Å²) in [4.78, 5) is 10.7. The molecule has 1 aliphatic rings. The van der Waals surface area contributed by atoms with E-state index in [1.807, 2.05) is 12.1 Å². The van der Waals surface area contributed by atoms with Crippen molar-refractivity contribution in [3.63, 3.8) is 0 Å². The van der Waals surface area contributed by atoms with Gasteiger partial charge >= 0.3 is 0 Å². The molecule has 0 radical (unpaired) electrons. The van der Waals surface area contributed by atoms with Crippen LogP contribution in [0.15, 0.2) is 34.9 Å². The van der Waals surface area contributed by atoms with E-state index < -0.39 is 0 Å². The number of anilines is 1. The van der Waals surface area contributed by atoms with Gasteiger partial charge < -0.3 is 15.5 Å². The highest BCUT2D eigenvalue weighted by atomic mass is 35.5. The summed E-state index contributed by atoms with van der Waals surface area (Å²) in [6.45, 7) is 5.88. The van der Waals surface area contributed by atoms with Crippen molar-refractivity contribution < 1.29 is 0 Å². The third-order valence-corrected chi connectivity index (χ3v) is 3.67. The molecule has 1 aromatic heterocycles. The molecule has 0 bridgehead atoms. The smallest absolute Gasteiger partial charge is 0.191 e. The van der Waals surface area contributed by atoms with Gasteiger partial charge in [0.15, 0.2) is 5.96 Å². The van der Waals surface area contributed by atoms with E-state index >= 15 is 0 Å². The lowest BCUT2D eigenvalue weighted by Crippen LogP contribution is -2.45. The summed E-state index contributed by atoms with van der Waals surface area (Å²) in [6.07, 6.45) is 2.75. The summed E-state index contributed by atoms with van der Waals surface area (Å²) in [7, 11) is 1.73. The quantitative estimate of drug-likeness (QED) is 0.657. The molecule has 21 heavy (non-hydrogen) atoms. The third kappa shape index (κ3) is 4.51. The predicted octanol–water partition coefficient (Wildman–Crippen LogP) is 2.23. The lowest BCUT2D eigenvalue weighted by molar-refractivity contribution is 0.653. The Labute approximate surface area is 135 Å². The molecule has 1 aromatic rings. The number of pyridine rings is 1. The van der Waals surface area contributed by atoms with Gasteiger partial charge in [0, 0.05) is 37.4 Å². The van der Waals surface area contributed by atoms with E-state index in [-0.39, 0.29) is 6.04 Å². The number of aromatic nitrogens is 1. The van der Waals surface area contributed by atoms with Gasteiger partial charge in [0.2, 0.25) is 0 Å². The average molecular weight is 328 g/mol. The van der Waals surface area contributed by atoms with Crippen LogP contribution < -0.4 is 15.5 Å². The van der Waals surface area contributed by atoms with E-state index in [1.165, 1.54) is 0 Å². The van der Waals surface area contributed by atoms with Crippen molar-refractivity contribution >= 4 is 35.0 Å². The fourth-order valence-electron chi connectivity index (χ4n) is 2.25. The van der Waals surface area contributed by atoms with Gasteiger partial charge in [-0.05, 0) is 18.6 Å². The second-order valence-corrected chi connectivity index (χ2v) is 5.77. The molecule has 2 heterocycles. The average Bonchev–Trinajstić information content (AvgIpc) is 2.92. The topological polar surface area (TPSA) is 52.6 Å². The van der Waals surface area contributed by atoms with Crippen LogP contribution in [-0.2, 0) is 0 Å². The molecule has 1 unspecified atom stereocenters. The van der Waals surface area contributed by atoms with E-state index in [4.69, 9.17) is 23.2 Å². The van der Waals surface area contributed by atoms with E-state index in [1.54, 1.807) is 13.2 Å². The van der Waals surface area contributed by atoms with Crippen molar-refractivity contribution in [2.24, 2.45) is 4.99 Å². The molecule has 0 aromatic carbocycles. The fraction of sp³-hybridized carbons (Fsp3) is 0.429. The van der Waals surface area contributed by atoms with Crippen LogP contribution in [0.4, 0.5) is 5.82 Å². The fourth-order valence-corrected chi connectivity index (χ4v) is 2.56. The van der Waals surface area contributed by atoms with Gasteiger partial charge in [0.05, 0.1) is 11.6 Å². The highest BCUT2D eigenvalue weighted by Crippen LogP contribution is 2.25. The number of rotatable bonds is 4. The number of guanidine groups is 1. The lowest BCUT2D eigenvalue weighted by Gasteiger charge is -2.20. The standard InChI is InChI=1S/C14H19Cl2N5/c1-10(15)8-19-14(17-2)20-11-5-7-21(9-11)13-12(16)4-3-6-18-13/h3-4,6,11H,1,5,7-9H2,2H3,(H2,17,19,20). The number of hydrogen-bond acceptors (Lipinski definition) is 3. The molecule has 0 saturated carbocycles. The summed E-state index contributed by atoms with van der Waals surface area (Å²) in [6, 6.07) is 3.98. The summed E-state index contributed by atoms with van der Waals surface area (Å²) in [5.74, 6) is 1.55. The zero-order valence-corrected chi connectivity index (χ0v) is 13.5. The summed E-state index contributed by atoms with van der Waals surface area (Å²) in [5.41, 5.74) is 0. The summed E-state index contributed by atoms with van der Waals surface area (Å²) in [5, 5.41) is 7.70. The molecular formula is C14H19Cl2N5. The first-order chi connectivity index (χ1) is 10.1. The Balaban J connectivity index is 1.90.